The fourth-order valence-corrected chi connectivity index (χ4v) is 2.47. The van der Waals surface area contributed by atoms with Crippen molar-refractivity contribution in [3.05, 3.63) is 34.9 Å². The number of benzene rings is 1. The molecule has 0 aromatic heterocycles. The Hall–Kier alpha value is -1.59. The molecule has 2 N–H and O–H groups in total. The van der Waals surface area contributed by atoms with E-state index in [-0.39, 0.29) is 24.5 Å². The van der Waals surface area contributed by atoms with Gasteiger partial charge in [-0.15, -0.1) is 0 Å². The maximum Gasteiger partial charge on any atom is 0.324 e. The Morgan fingerprint density at radius 1 is 1.40 bits per heavy atom. The molecule has 5 nitrogen and oxygen atoms in total. The molecule has 1 aromatic carbocycles. The molecule has 0 saturated carbocycles. The van der Waals surface area contributed by atoms with Crippen molar-refractivity contribution in [3.8, 4) is 0 Å². The first kappa shape index (κ1) is 14.8. The lowest BCUT2D eigenvalue weighted by Gasteiger charge is -2.17. The molecule has 1 aliphatic heterocycles. The van der Waals surface area contributed by atoms with Gasteiger partial charge in [-0.2, -0.15) is 0 Å². The number of halogens is 1. The average Bonchev–Trinajstić information content (AvgIpc) is 2.75. The molecule has 0 radical (unpaired) electrons. The van der Waals surface area contributed by atoms with Crippen LogP contribution in [0.3, 0.4) is 0 Å². The Bertz CT molecular complexity index is 491. The standard InChI is InChI=1S/C14H18ClN3O2/c1-10(11-5-2-3-6-12(11)15)16-7-4-8-18-13(19)9-17-14(18)20/h2-3,5-6,10,16H,4,7-9H2,1H3,(H,17,20). The zero-order valence-electron chi connectivity index (χ0n) is 11.4. The second kappa shape index (κ2) is 6.72. The van der Waals surface area contributed by atoms with Crippen LogP contribution in [0.4, 0.5) is 4.79 Å². The lowest BCUT2D eigenvalue weighted by atomic mass is 10.1. The summed E-state index contributed by atoms with van der Waals surface area (Å²) in [6.07, 6.45) is 0.716. The van der Waals surface area contributed by atoms with Gasteiger partial charge in [0.1, 0.15) is 0 Å². The van der Waals surface area contributed by atoms with Gasteiger partial charge in [0.15, 0.2) is 0 Å². The third kappa shape index (κ3) is 3.49. The Morgan fingerprint density at radius 2 is 2.15 bits per heavy atom. The minimum atomic E-state index is -0.297. The van der Waals surface area contributed by atoms with E-state index in [9.17, 15) is 9.59 Å². The summed E-state index contributed by atoms with van der Waals surface area (Å²) in [6.45, 7) is 3.30. The molecule has 1 atom stereocenters. The van der Waals surface area contributed by atoms with E-state index >= 15 is 0 Å². The summed E-state index contributed by atoms with van der Waals surface area (Å²) in [4.78, 5) is 24.0. The molecule has 1 unspecified atom stereocenters. The summed E-state index contributed by atoms with van der Waals surface area (Å²) < 4.78 is 0. The molecule has 0 aliphatic carbocycles. The van der Waals surface area contributed by atoms with Crippen molar-refractivity contribution in [1.29, 1.82) is 0 Å². The summed E-state index contributed by atoms with van der Waals surface area (Å²) in [5.74, 6) is -0.158. The van der Waals surface area contributed by atoms with Crippen LogP contribution < -0.4 is 10.6 Å². The minimum absolute atomic E-state index is 0.113. The molecule has 3 amide bonds. The van der Waals surface area contributed by atoms with E-state index in [1.165, 1.54) is 4.90 Å². The van der Waals surface area contributed by atoms with Gasteiger partial charge in [-0.05, 0) is 31.5 Å². The fraction of sp³-hybridized carbons (Fsp3) is 0.429. The van der Waals surface area contributed by atoms with E-state index in [1.54, 1.807) is 0 Å². The van der Waals surface area contributed by atoms with Crippen LogP contribution in [0.2, 0.25) is 5.02 Å². The highest BCUT2D eigenvalue weighted by Gasteiger charge is 2.27. The molecule has 1 saturated heterocycles. The van der Waals surface area contributed by atoms with Crippen molar-refractivity contribution in [3.63, 3.8) is 0 Å². The number of nitrogens with zero attached hydrogens (tertiary/aromatic N) is 1. The van der Waals surface area contributed by atoms with Crippen LogP contribution in [0.5, 0.6) is 0 Å². The molecule has 1 aliphatic rings. The zero-order valence-corrected chi connectivity index (χ0v) is 12.1. The third-order valence-electron chi connectivity index (χ3n) is 3.32. The number of amides is 3. The largest absolute Gasteiger partial charge is 0.329 e. The Labute approximate surface area is 123 Å². The van der Waals surface area contributed by atoms with Crippen LogP contribution in [0.25, 0.3) is 0 Å². The van der Waals surface area contributed by atoms with Crippen molar-refractivity contribution in [2.45, 2.75) is 19.4 Å². The van der Waals surface area contributed by atoms with Gasteiger partial charge in [-0.3, -0.25) is 9.69 Å². The van der Waals surface area contributed by atoms with Gasteiger partial charge in [0, 0.05) is 17.6 Å². The van der Waals surface area contributed by atoms with E-state index in [4.69, 9.17) is 11.6 Å². The third-order valence-corrected chi connectivity index (χ3v) is 3.66. The lowest BCUT2D eigenvalue weighted by molar-refractivity contribution is -0.125. The lowest BCUT2D eigenvalue weighted by Crippen LogP contribution is -2.33. The summed E-state index contributed by atoms with van der Waals surface area (Å²) in [5, 5.41) is 6.58. The highest BCUT2D eigenvalue weighted by atomic mass is 35.5. The SMILES string of the molecule is CC(NCCCN1C(=O)CNC1=O)c1ccccc1Cl. The van der Waals surface area contributed by atoms with Crippen LogP contribution in [0.1, 0.15) is 24.9 Å². The van der Waals surface area contributed by atoms with E-state index < -0.39 is 0 Å². The number of rotatable bonds is 6. The maximum atomic E-state index is 11.4. The van der Waals surface area contributed by atoms with Gasteiger partial charge in [-0.25, -0.2) is 4.79 Å². The van der Waals surface area contributed by atoms with Crippen molar-refractivity contribution >= 4 is 23.5 Å². The molecular formula is C14H18ClN3O2. The second-order valence-corrected chi connectivity index (χ2v) is 5.16. The first-order valence-corrected chi connectivity index (χ1v) is 7.03. The number of nitrogens with one attached hydrogen (secondary N) is 2. The molecule has 108 valence electrons. The Balaban J connectivity index is 1.75. The van der Waals surface area contributed by atoms with E-state index in [0.29, 0.717) is 19.5 Å². The van der Waals surface area contributed by atoms with Gasteiger partial charge in [0.05, 0.1) is 6.54 Å². The van der Waals surface area contributed by atoms with E-state index in [0.717, 1.165) is 10.6 Å². The Kier molecular flexibility index (Phi) is 4.98. The maximum absolute atomic E-state index is 11.4. The first-order chi connectivity index (χ1) is 9.59. The van der Waals surface area contributed by atoms with Crippen molar-refractivity contribution in [1.82, 2.24) is 15.5 Å². The number of carbonyl (C=O) groups is 2. The summed E-state index contributed by atoms with van der Waals surface area (Å²) in [7, 11) is 0. The number of imide groups is 1. The molecule has 0 bridgehead atoms. The molecule has 2 rings (SSSR count). The quantitative estimate of drug-likeness (QED) is 0.623. The Morgan fingerprint density at radius 3 is 2.80 bits per heavy atom. The van der Waals surface area contributed by atoms with Crippen LogP contribution in [0.15, 0.2) is 24.3 Å². The molecule has 6 heteroatoms. The monoisotopic (exact) mass is 295 g/mol. The number of carbonyl (C=O) groups excluding carboxylic acids is 2. The highest BCUT2D eigenvalue weighted by molar-refractivity contribution is 6.31. The molecule has 20 heavy (non-hydrogen) atoms. The molecule has 0 spiro atoms. The summed E-state index contributed by atoms with van der Waals surface area (Å²) >= 11 is 6.13. The van der Waals surface area contributed by atoms with Crippen molar-refractivity contribution < 1.29 is 9.59 Å². The summed E-state index contributed by atoms with van der Waals surface area (Å²) in [6, 6.07) is 7.53. The van der Waals surface area contributed by atoms with Crippen LogP contribution in [-0.4, -0.2) is 36.5 Å². The van der Waals surface area contributed by atoms with Gasteiger partial charge < -0.3 is 10.6 Å². The van der Waals surface area contributed by atoms with Crippen molar-refractivity contribution in [2.24, 2.45) is 0 Å². The molecular weight excluding hydrogens is 278 g/mol. The number of hydrogen-bond donors (Lipinski definition) is 2. The first-order valence-electron chi connectivity index (χ1n) is 6.65. The van der Waals surface area contributed by atoms with Gasteiger partial charge in [0.25, 0.3) is 0 Å². The van der Waals surface area contributed by atoms with Crippen LogP contribution in [0, 0.1) is 0 Å². The number of urea groups is 1. The smallest absolute Gasteiger partial charge is 0.324 e. The molecule has 1 fully saturated rings. The minimum Gasteiger partial charge on any atom is -0.329 e. The predicted molar refractivity (Wildman–Crippen MR) is 77.6 cm³/mol. The van der Waals surface area contributed by atoms with E-state index in [1.807, 2.05) is 31.2 Å². The summed E-state index contributed by atoms with van der Waals surface area (Å²) in [5.41, 5.74) is 1.05. The predicted octanol–water partition coefficient (Wildman–Crippen LogP) is 1.93. The van der Waals surface area contributed by atoms with Gasteiger partial charge >= 0.3 is 6.03 Å². The van der Waals surface area contributed by atoms with Crippen LogP contribution in [-0.2, 0) is 4.79 Å². The second-order valence-electron chi connectivity index (χ2n) is 4.75. The zero-order chi connectivity index (χ0) is 14.5. The van der Waals surface area contributed by atoms with E-state index in [2.05, 4.69) is 10.6 Å². The fourth-order valence-electron chi connectivity index (χ4n) is 2.17. The van der Waals surface area contributed by atoms with Gasteiger partial charge in [0.2, 0.25) is 5.91 Å². The topological polar surface area (TPSA) is 61.4 Å². The molecule has 1 aromatic rings. The number of hydrogen-bond acceptors (Lipinski definition) is 3. The molecule has 1 heterocycles. The average molecular weight is 296 g/mol. The normalized spacial score (nSPS) is 16.4. The highest BCUT2D eigenvalue weighted by Crippen LogP contribution is 2.21. The van der Waals surface area contributed by atoms with Crippen molar-refractivity contribution in [2.75, 3.05) is 19.6 Å². The van der Waals surface area contributed by atoms with Crippen LogP contribution >= 0.6 is 11.6 Å². The van der Waals surface area contributed by atoms with Gasteiger partial charge in [-0.1, -0.05) is 29.8 Å².